The Morgan fingerprint density at radius 3 is 2.62 bits per heavy atom. The fourth-order valence-electron chi connectivity index (χ4n) is 2.42. The third-order valence-electron chi connectivity index (χ3n) is 3.84. The van der Waals surface area contributed by atoms with E-state index in [1.54, 1.807) is 17.9 Å². The minimum Gasteiger partial charge on any atom is -0.365 e. The van der Waals surface area contributed by atoms with Gasteiger partial charge in [0.2, 0.25) is 5.95 Å². The number of nitrogens with zero attached hydrogens (tertiary/aromatic N) is 4. The Kier molecular flexibility index (Phi) is 5.35. The van der Waals surface area contributed by atoms with Crippen molar-refractivity contribution in [3.05, 3.63) is 59.3 Å². The molecule has 12 heteroatoms. The van der Waals surface area contributed by atoms with Gasteiger partial charge in [0.05, 0.1) is 23.0 Å². The summed E-state index contributed by atoms with van der Waals surface area (Å²) in [4.78, 5) is 19.7. The molecule has 0 aliphatic heterocycles. The minimum atomic E-state index is -4.65. The molecule has 152 valence electrons. The van der Waals surface area contributed by atoms with Crippen molar-refractivity contribution >= 4 is 23.4 Å². The van der Waals surface area contributed by atoms with E-state index in [2.05, 4.69) is 25.7 Å². The van der Waals surface area contributed by atoms with Crippen LogP contribution in [0.4, 0.5) is 35.0 Å². The normalized spacial score (nSPS) is 11.3. The van der Waals surface area contributed by atoms with Gasteiger partial charge in [0.25, 0.3) is 5.91 Å². The van der Waals surface area contributed by atoms with Crippen LogP contribution in [0.5, 0.6) is 0 Å². The van der Waals surface area contributed by atoms with Crippen LogP contribution < -0.4 is 16.4 Å². The highest BCUT2D eigenvalue weighted by atomic mass is 19.4. The Hall–Kier alpha value is -3.70. The fraction of sp³-hybridized carbons (Fsp3) is 0.176. The first-order valence-corrected chi connectivity index (χ1v) is 8.15. The summed E-state index contributed by atoms with van der Waals surface area (Å²) in [5.41, 5.74) is 4.67. The number of nitrogens with two attached hydrogens (primary N) is 1. The van der Waals surface area contributed by atoms with Gasteiger partial charge in [-0.3, -0.25) is 9.48 Å². The average molecular weight is 409 g/mol. The number of aromatic nitrogens is 4. The van der Waals surface area contributed by atoms with E-state index in [4.69, 9.17) is 5.73 Å². The quantitative estimate of drug-likeness (QED) is 0.540. The summed E-state index contributed by atoms with van der Waals surface area (Å²) in [6, 6.07) is 2.18. The summed E-state index contributed by atoms with van der Waals surface area (Å²) in [6.07, 6.45) is -0.281. The number of aryl methyl sites for hydroxylation is 1. The first kappa shape index (κ1) is 20.0. The van der Waals surface area contributed by atoms with Crippen LogP contribution in [0.15, 0.2) is 36.8 Å². The van der Waals surface area contributed by atoms with Gasteiger partial charge in [-0.25, -0.2) is 9.37 Å². The molecule has 0 radical (unpaired) electrons. The van der Waals surface area contributed by atoms with Gasteiger partial charge in [0, 0.05) is 31.5 Å². The lowest BCUT2D eigenvalue weighted by atomic mass is 10.1. The van der Waals surface area contributed by atoms with E-state index >= 15 is 0 Å². The molecule has 0 atom stereocenters. The Morgan fingerprint density at radius 1 is 1.28 bits per heavy atom. The zero-order valence-corrected chi connectivity index (χ0v) is 15.0. The van der Waals surface area contributed by atoms with E-state index in [-0.39, 0.29) is 29.4 Å². The van der Waals surface area contributed by atoms with E-state index < -0.39 is 23.5 Å². The topological polar surface area (TPSA) is 111 Å². The number of rotatable bonds is 6. The predicted molar refractivity (Wildman–Crippen MR) is 95.8 cm³/mol. The van der Waals surface area contributed by atoms with Crippen LogP contribution in [-0.2, 0) is 19.8 Å². The SMILES string of the molecule is Cn1cc(Nc2ncc(C(N)=O)c(NCc3ccc(C(F)(F)F)cc3F)n2)cn1. The van der Waals surface area contributed by atoms with Crippen molar-refractivity contribution in [1.29, 1.82) is 0 Å². The average Bonchev–Trinajstić information content (AvgIpc) is 3.04. The van der Waals surface area contributed by atoms with E-state index in [0.29, 0.717) is 11.8 Å². The molecule has 0 saturated carbocycles. The summed E-state index contributed by atoms with van der Waals surface area (Å²) in [7, 11) is 1.72. The molecule has 29 heavy (non-hydrogen) atoms. The number of halogens is 4. The van der Waals surface area contributed by atoms with Gasteiger partial charge < -0.3 is 16.4 Å². The highest BCUT2D eigenvalue weighted by Crippen LogP contribution is 2.30. The Bertz CT molecular complexity index is 1050. The molecule has 0 fully saturated rings. The molecule has 0 aliphatic rings. The molecule has 0 saturated heterocycles. The molecule has 0 bridgehead atoms. The van der Waals surface area contributed by atoms with Gasteiger partial charge in [-0.1, -0.05) is 6.07 Å². The first-order chi connectivity index (χ1) is 13.6. The summed E-state index contributed by atoms with van der Waals surface area (Å²) in [6.45, 7) is -0.229. The summed E-state index contributed by atoms with van der Waals surface area (Å²) in [5.74, 6) is -1.76. The number of benzene rings is 1. The highest BCUT2D eigenvalue weighted by Gasteiger charge is 2.31. The number of hydrogen-bond acceptors (Lipinski definition) is 6. The van der Waals surface area contributed by atoms with Gasteiger partial charge in [0.1, 0.15) is 11.6 Å². The fourth-order valence-corrected chi connectivity index (χ4v) is 2.42. The number of carbonyl (C=O) groups excluding carboxylic acids is 1. The molecule has 2 aromatic heterocycles. The van der Waals surface area contributed by atoms with E-state index in [1.165, 1.54) is 12.4 Å². The molecule has 1 aromatic carbocycles. The summed E-state index contributed by atoms with van der Waals surface area (Å²) >= 11 is 0. The zero-order valence-electron chi connectivity index (χ0n) is 15.0. The molecule has 3 rings (SSSR count). The monoisotopic (exact) mass is 409 g/mol. The maximum absolute atomic E-state index is 14.0. The zero-order chi connectivity index (χ0) is 21.2. The minimum absolute atomic E-state index is 0.00168. The standard InChI is InChI=1S/C17H15F4N7O/c1-28-8-11(6-25-28)26-16-24-7-12(14(22)29)15(27-16)23-5-9-2-3-10(4-13(9)18)17(19,20)21/h2-4,6-8H,5H2,1H3,(H2,22,29)(H2,23,24,26,27). The Balaban J connectivity index is 1.81. The molecule has 3 aromatic rings. The number of hydrogen-bond donors (Lipinski definition) is 3. The highest BCUT2D eigenvalue weighted by molar-refractivity contribution is 5.97. The third kappa shape index (κ3) is 4.78. The molecule has 0 unspecified atom stereocenters. The van der Waals surface area contributed by atoms with Gasteiger partial charge in [-0.05, 0) is 12.1 Å². The molecule has 0 aliphatic carbocycles. The maximum Gasteiger partial charge on any atom is 0.416 e. The van der Waals surface area contributed by atoms with Crippen LogP contribution in [0, 0.1) is 5.82 Å². The summed E-state index contributed by atoms with van der Waals surface area (Å²) < 4.78 is 53.5. The van der Waals surface area contributed by atoms with Crippen molar-refractivity contribution in [2.75, 3.05) is 10.6 Å². The van der Waals surface area contributed by atoms with Gasteiger partial charge in [0.15, 0.2) is 0 Å². The van der Waals surface area contributed by atoms with Gasteiger partial charge in [-0.15, -0.1) is 0 Å². The van der Waals surface area contributed by atoms with Crippen LogP contribution in [0.25, 0.3) is 0 Å². The summed E-state index contributed by atoms with van der Waals surface area (Å²) in [5, 5.41) is 9.55. The third-order valence-corrected chi connectivity index (χ3v) is 3.84. The van der Waals surface area contributed by atoms with Crippen molar-refractivity contribution in [3.63, 3.8) is 0 Å². The van der Waals surface area contributed by atoms with Crippen LogP contribution in [-0.4, -0.2) is 25.7 Å². The second-order valence-electron chi connectivity index (χ2n) is 6.01. The molecular weight excluding hydrogens is 394 g/mol. The largest absolute Gasteiger partial charge is 0.416 e. The van der Waals surface area contributed by atoms with Crippen molar-refractivity contribution in [1.82, 2.24) is 19.7 Å². The molecule has 4 N–H and O–H groups in total. The maximum atomic E-state index is 14.0. The van der Waals surface area contributed by atoms with Crippen molar-refractivity contribution in [2.45, 2.75) is 12.7 Å². The molecule has 1 amide bonds. The lowest BCUT2D eigenvalue weighted by Crippen LogP contribution is -2.17. The van der Waals surface area contributed by atoms with Crippen LogP contribution >= 0.6 is 0 Å². The number of nitrogens with one attached hydrogen (secondary N) is 2. The van der Waals surface area contributed by atoms with Crippen LogP contribution in [0.1, 0.15) is 21.5 Å². The number of primary amides is 1. The van der Waals surface area contributed by atoms with E-state index in [0.717, 1.165) is 12.1 Å². The lowest BCUT2D eigenvalue weighted by molar-refractivity contribution is -0.137. The van der Waals surface area contributed by atoms with Gasteiger partial charge >= 0.3 is 6.18 Å². The molecule has 8 nitrogen and oxygen atoms in total. The lowest BCUT2D eigenvalue weighted by Gasteiger charge is -2.12. The Morgan fingerprint density at radius 2 is 2.03 bits per heavy atom. The van der Waals surface area contributed by atoms with E-state index in [1.807, 2.05) is 0 Å². The second-order valence-corrected chi connectivity index (χ2v) is 6.01. The number of amides is 1. The van der Waals surface area contributed by atoms with Crippen molar-refractivity contribution in [3.8, 4) is 0 Å². The van der Waals surface area contributed by atoms with Crippen LogP contribution in [0.2, 0.25) is 0 Å². The van der Waals surface area contributed by atoms with E-state index in [9.17, 15) is 22.4 Å². The van der Waals surface area contributed by atoms with Crippen molar-refractivity contribution in [2.24, 2.45) is 12.8 Å². The number of alkyl halides is 3. The smallest absolute Gasteiger partial charge is 0.365 e. The molecule has 2 heterocycles. The van der Waals surface area contributed by atoms with Gasteiger partial charge in [-0.2, -0.15) is 23.3 Å². The number of carbonyl (C=O) groups is 1. The second kappa shape index (κ2) is 7.73. The predicted octanol–water partition coefficient (Wildman–Crippen LogP) is 2.82. The first-order valence-electron chi connectivity index (χ1n) is 8.15. The molecule has 0 spiro atoms. The Labute approximate surface area is 161 Å². The van der Waals surface area contributed by atoms with Crippen LogP contribution in [0.3, 0.4) is 0 Å². The van der Waals surface area contributed by atoms with Crippen molar-refractivity contribution < 1.29 is 22.4 Å². The number of anilines is 3. The molecular formula is C17H15F4N7O.